The zero-order valence-electron chi connectivity index (χ0n) is 14.7. The summed E-state index contributed by atoms with van der Waals surface area (Å²) in [6, 6.07) is 7.92. The fraction of sp³-hybridized carbons (Fsp3) is 0.632. The van der Waals surface area contributed by atoms with Gasteiger partial charge in [-0.05, 0) is 49.8 Å². The van der Waals surface area contributed by atoms with Crippen molar-refractivity contribution >= 4 is 5.91 Å². The highest BCUT2D eigenvalue weighted by Gasteiger charge is 2.39. The molecule has 1 saturated carbocycles. The molecule has 0 aromatic heterocycles. The van der Waals surface area contributed by atoms with E-state index in [0.29, 0.717) is 18.9 Å². The van der Waals surface area contributed by atoms with Gasteiger partial charge in [0.1, 0.15) is 5.75 Å². The average molecular weight is 319 g/mol. The molecule has 2 rings (SSSR count). The summed E-state index contributed by atoms with van der Waals surface area (Å²) in [4.78, 5) is 12.2. The van der Waals surface area contributed by atoms with Gasteiger partial charge in [0.15, 0.2) is 0 Å². The maximum absolute atomic E-state index is 12.2. The molecule has 4 nitrogen and oxygen atoms in total. The Morgan fingerprint density at radius 3 is 2.35 bits per heavy atom. The minimum Gasteiger partial charge on any atom is -0.493 e. The van der Waals surface area contributed by atoms with Gasteiger partial charge in [-0.3, -0.25) is 4.79 Å². The zero-order chi connectivity index (χ0) is 16.9. The van der Waals surface area contributed by atoms with Crippen molar-refractivity contribution in [2.75, 3.05) is 13.7 Å². The number of carbonyl (C=O) groups excluding carboxylic acids is 1. The summed E-state index contributed by atoms with van der Waals surface area (Å²) < 4.78 is 11.2. The van der Waals surface area contributed by atoms with Crippen LogP contribution in [0.5, 0.6) is 5.75 Å². The van der Waals surface area contributed by atoms with Crippen LogP contribution in [0.3, 0.4) is 0 Å². The molecule has 0 saturated heterocycles. The summed E-state index contributed by atoms with van der Waals surface area (Å²) in [5.74, 6) is 1.43. The molecule has 0 heterocycles. The first-order chi connectivity index (χ1) is 10.9. The van der Waals surface area contributed by atoms with E-state index in [1.807, 2.05) is 31.2 Å². The van der Waals surface area contributed by atoms with Crippen LogP contribution < -0.4 is 10.1 Å². The van der Waals surface area contributed by atoms with E-state index in [4.69, 9.17) is 9.47 Å². The van der Waals surface area contributed by atoms with Crippen molar-refractivity contribution in [2.45, 2.75) is 58.1 Å². The van der Waals surface area contributed by atoms with Gasteiger partial charge in [0.2, 0.25) is 5.91 Å². The quantitative estimate of drug-likeness (QED) is 0.791. The number of methoxy groups -OCH3 is 1. The highest BCUT2D eigenvalue weighted by molar-refractivity contribution is 5.77. The van der Waals surface area contributed by atoms with Crippen molar-refractivity contribution in [3.05, 3.63) is 29.8 Å². The Balaban J connectivity index is 1.85. The van der Waals surface area contributed by atoms with Gasteiger partial charge in [-0.1, -0.05) is 26.0 Å². The van der Waals surface area contributed by atoms with Gasteiger partial charge in [0.05, 0.1) is 24.7 Å². The van der Waals surface area contributed by atoms with E-state index in [1.54, 1.807) is 7.11 Å². The van der Waals surface area contributed by atoms with E-state index in [9.17, 15) is 4.79 Å². The highest BCUT2D eigenvalue weighted by Crippen LogP contribution is 2.38. The molecule has 1 aromatic rings. The van der Waals surface area contributed by atoms with Crippen LogP contribution in [-0.4, -0.2) is 25.2 Å². The van der Waals surface area contributed by atoms with Crippen LogP contribution in [0.2, 0.25) is 0 Å². The molecule has 0 bridgehead atoms. The molecule has 128 valence electrons. The summed E-state index contributed by atoms with van der Waals surface area (Å²) >= 11 is 0. The van der Waals surface area contributed by atoms with E-state index in [0.717, 1.165) is 30.6 Å². The molecule has 4 heteroatoms. The minimum atomic E-state index is -0.224. The van der Waals surface area contributed by atoms with E-state index >= 15 is 0 Å². The number of nitrogens with one attached hydrogen (secondary N) is 1. The average Bonchev–Trinajstić information content (AvgIpc) is 2.49. The SMILES string of the molecule is COC1(CC(=O)N[C@@H](C)c2ccc(OCC(C)C)cc2)CCC1. The molecule has 0 aliphatic heterocycles. The molecule has 1 atom stereocenters. The first-order valence-electron chi connectivity index (χ1n) is 8.51. The molecular weight excluding hydrogens is 290 g/mol. The Hall–Kier alpha value is -1.55. The third kappa shape index (κ3) is 4.96. The summed E-state index contributed by atoms with van der Waals surface area (Å²) in [5, 5.41) is 3.06. The lowest BCUT2D eigenvalue weighted by Gasteiger charge is -2.40. The molecule has 0 radical (unpaired) electrons. The zero-order valence-corrected chi connectivity index (χ0v) is 14.7. The van der Waals surface area contributed by atoms with Crippen LogP contribution in [0.1, 0.15) is 58.1 Å². The fourth-order valence-electron chi connectivity index (χ4n) is 2.81. The number of hydrogen-bond donors (Lipinski definition) is 1. The first kappa shape index (κ1) is 17.8. The molecule has 23 heavy (non-hydrogen) atoms. The molecular formula is C19H29NO3. The van der Waals surface area contributed by atoms with Gasteiger partial charge in [-0.25, -0.2) is 0 Å². The van der Waals surface area contributed by atoms with Gasteiger partial charge in [-0.2, -0.15) is 0 Å². The van der Waals surface area contributed by atoms with Crippen LogP contribution in [0.15, 0.2) is 24.3 Å². The Bertz CT molecular complexity index is 500. The second kappa shape index (κ2) is 7.82. The van der Waals surface area contributed by atoms with Crippen LogP contribution in [0.25, 0.3) is 0 Å². The van der Waals surface area contributed by atoms with E-state index in [1.165, 1.54) is 0 Å². The van der Waals surface area contributed by atoms with Crippen molar-refractivity contribution in [1.82, 2.24) is 5.32 Å². The van der Waals surface area contributed by atoms with Crippen molar-refractivity contribution in [3.8, 4) is 5.75 Å². The van der Waals surface area contributed by atoms with Crippen LogP contribution in [-0.2, 0) is 9.53 Å². The maximum atomic E-state index is 12.2. The van der Waals surface area contributed by atoms with Crippen molar-refractivity contribution < 1.29 is 14.3 Å². The summed E-state index contributed by atoms with van der Waals surface area (Å²) in [5.41, 5.74) is 0.855. The number of benzene rings is 1. The van der Waals surface area contributed by atoms with Gasteiger partial charge in [0.25, 0.3) is 0 Å². The molecule has 1 aliphatic rings. The largest absolute Gasteiger partial charge is 0.493 e. The Morgan fingerprint density at radius 2 is 1.87 bits per heavy atom. The van der Waals surface area contributed by atoms with Gasteiger partial charge in [-0.15, -0.1) is 0 Å². The van der Waals surface area contributed by atoms with Gasteiger partial charge < -0.3 is 14.8 Å². The lowest BCUT2D eigenvalue weighted by atomic mass is 9.77. The van der Waals surface area contributed by atoms with Crippen molar-refractivity contribution in [3.63, 3.8) is 0 Å². The smallest absolute Gasteiger partial charge is 0.223 e. The number of amides is 1. The van der Waals surface area contributed by atoms with E-state index < -0.39 is 0 Å². The van der Waals surface area contributed by atoms with E-state index in [2.05, 4.69) is 19.2 Å². The Morgan fingerprint density at radius 1 is 1.22 bits per heavy atom. The third-order valence-electron chi connectivity index (χ3n) is 4.52. The number of carbonyl (C=O) groups is 1. The second-order valence-corrected chi connectivity index (χ2v) is 6.98. The standard InChI is InChI=1S/C19H29NO3/c1-14(2)13-23-17-8-6-16(7-9-17)15(3)20-18(21)12-19(22-4)10-5-11-19/h6-9,14-15H,5,10-13H2,1-4H3,(H,20,21)/t15-/m0/s1. The molecule has 1 aromatic carbocycles. The molecule has 1 N–H and O–H groups in total. The first-order valence-corrected chi connectivity index (χ1v) is 8.51. The van der Waals surface area contributed by atoms with E-state index in [-0.39, 0.29) is 17.6 Å². The van der Waals surface area contributed by atoms with Crippen LogP contribution in [0, 0.1) is 5.92 Å². The monoisotopic (exact) mass is 319 g/mol. The fourth-order valence-corrected chi connectivity index (χ4v) is 2.81. The highest BCUT2D eigenvalue weighted by atomic mass is 16.5. The lowest BCUT2D eigenvalue weighted by Crippen LogP contribution is -2.44. The van der Waals surface area contributed by atoms with Crippen molar-refractivity contribution in [2.24, 2.45) is 5.92 Å². The maximum Gasteiger partial charge on any atom is 0.223 e. The van der Waals surface area contributed by atoms with Gasteiger partial charge >= 0.3 is 0 Å². The van der Waals surface area contributed by atoms with Crippen LogP contribution in [0.4, 0.5) is 0 Å². The molecule has 0 spiro atoms. The number of hydrogen-bond acceptors (Lipinski definition) is 3. The summed E-state index contributed by atoms with van der Waals surface area (Å²) in [6.07, 6.45) is 3.55. The number of ether oxygens (including phenoxy) is 2. The normalized spacial score (nSPS) is 17.4. The second-order valence-electron chi connectivity index (χ2n) is 6.98. The minimum absolute atomic E-state index is 0.0179. The Labute approximate surface area is 139 Å². The summed E-state index contributed by atoms with van der Waals surface area (Å²) in [6.45, 7) is 6.97. The summed E-state index contributed by atoms with van der Waals surface area (Å²) in [7, 11) is 1.70. The topological polar surface area (TPSA) is 47.6 Å². The lowest BCUT2D eigenvalue weighted by molar-refractivity contribution is -0.134. The predicted octanol–water partition coefficient (Wildman–Crippen LogP) is 3.86. The molecule has 1 fully saturated rings. The van der Waals surface area contributed by atoms with Crippen LogP contribution >= 0.6 is 0 Å². The third-order valence-corrected chi connectivity index (χ3v) is 4.52. The number of rotatable bonds is 8. The predicted molar refractivity (Wildman–Crippen MR) is 91.5 cm³/mol. The molecule has 0 unspecified atom stereocenters. The molecule has 1 amide bonds. The molecule has 1 aliphatic carbocycles. The Kier molecular flexibility index (Phi) is 6.05. The van der Waals surface area contributed by atoms with Crippen molar-refractivity contribution in [1.29, 1.82) is 0 Å². The van der Waals surface area contributed by atoms with Gasteiger partial charge in [0, 0.05) is 7.11 Å².